The Kier molecular flexibility index (Phi) is 62.2. The number of carbonyl (C=O) groups excluding carboxylic acids is 3. The van der Waals surface area contributed by atoms with Gasteiger partial charge in [-0.25, -0.2) is 0 Å². The second kappa shape index (κ2) is 64.6. The maximum absolute atomic E-state index is 12.9. The van der Waals surface area contributed by atoms with Gasteiger partial charge in [0.25, 0.3) is 0 Å². The Balaban J connectivity index is 4.22. The number of unbranched alkanes of at least 4 members (excludes halogenated alkanes) is 40. The lowest BCUT2D eigenvalue weighted by Gasteiger charge is -2.18. The topological polar surface area (TPSA) is 78.9 Å². The fourth-order valence-electron chi connectivity index (χ4n) is 9.68. The first-order chi connectivity index (χ1) is 37.5. The normalized spacial score (nSPS) is 12.4. The Morgan fingerprint density at radius 3 is 0.803 bits per heavy atom. The Morgan fingerprint density at radius 2 is 0.500 bits per heavy atom. The van der Waals surface area contributed by atoms with Crippen molar-refractivity contribution in [1.82, 2.24) is 0 Å². The molecule has 0 aromatic rings. The van der Waals surface area contributed by atoms with Gasteiger partial charge in [-0.15, -0.1) is 0 Å². The van der Waals surface area contributed by atoms with Crippen molar-refractivity contribution in [1.29, 1.82) is 0 Å². The summed E-state index contributed by atoms with van der Waals surface area (Å²) in [6, 6.07) is 0. The first kappa shape index (κ1) is 73.1. The van der Waals surface area contributed by atoms with Crippen molar-refractivity contribution >= 4 is 17.9 Å². The summed E-state index contributed by atoms with van der Waals surface area (Å²) in [7, 11) is 0. The maximum Gasteiger partial charge on any atom is 0.306 e. The summed E-state index contributed by atoms with van der Waals surface area (Å²) in [5, 5.41) is 0. The molecule has 442 valence electrons. The number of hydrogen-bond acceptors (Lipinski definition) is 6. The third-order valence-corrected chi connectivity index (χ3v) is 14.7. The second-order valence-corrected chi connectivity index (χ2v) is 22.4. The first-order valence-corrected chi connectivity index (χ1v) is 33.3. The van der Waals surface area contributed by atoms with Crippen molar-refractivity contribution in [2.45, 2.75) is 354 Å². The van der Waals surface area contributed by atoms with Gasteiger partial charge in [0.2, 0.25) is 0 Å². The van der Waals surface area contributed by atoms with Crippen molar-refractivity contribution in [2.24, 2.45) is 0 Å². The van der Waals surface area contributed by atoms with E-state index in [4.69, 9.17) is 14.2 Å². The largest absolute Gasteiger partial charge is 0.462 e. The van der Waals surface area contributed by atoms with Crippen LogP contribution in [0, 0.1) is 0 Å². The maximum atomic E-state index is 12.9. The van der Waals surface area contributed by atoms with Gasteiger partial charge in [-0.1, -0.05) is 287 Å². The minimum absolute atomic E-state index is 0.0780. The van der Waals surface area contributed by atoms with Gasteiger partial charge >= 0.3 is 17.9 Å². The Labute approximate surface area is 472 Å². The summed E-state index contributed by atoms with van der Waals surface area (Å²) >= 11 is 0. The molecule has 0 aliphatic rings. The standard InChI is InChI=1S/C70H126O6/c1-4-7-10-13-16-19-22-24-26-28-30-32-34-35-37-38-40-42-44-46-48-51-54-57-60-63-69(72)75-66-67(65-74-68(71)62-59-56-53-50-21-18-15-12-9-6-3)76-70(73)64-61-58-55-52-49-47-45-43-41-39-36-33-31-29-27-25-23-20-17-14-11-8-5-2/h12,15,23,25,28-31,36,39,67H,4-11,13-14,16-22,24,26-27,32-35,37-38,40-66H2,1-3H3/b15-12-,25-23-,30-28-,31-29-,39-36-. The highest BCUT2D eigenvalue weighted by molar-refractivity contribution is 5.71. The highest BCUT2D eigenvalue weighted by Crippen LogP contribution is 2.17. The molecule has 0 amide bonds. The molecule has 0 radical (unpaired) electrons. The van der Waals surface area contributed by atoms with Crippen LogP contribution in [0.15, 0.2) is 60.8 Å². The molecule has 0 spiro atoms. The molecule has 0 aromatic carbocycles. The molecular weight excluding hydrogens is 937 g/mol. The van der Waals surface area contributed by atoms with Gasteiger partial charge in [-0.05, 0) is 103 Å². The summed E-state index contributed by atoms with van der Waals surface area (Å²) < 4.78 is 16.9. The lowest BCUT2D eigenvalue weighted by Crippen LogP contribution is -2.30. The van der Waals surface area contributed by atoms with Crippen molar-refractivity contribution in [3.63, 3.8) is 0 Å². The molecule has 0 saturated heterocycles. The van der Waals surface area contributed by atoms with Crippen LogP contribution in [0.2, 0.25) is 0 Å². The molecule has 0 N–H and O–H groups in total. The van der Waals surface area contributed by atoms with E-state index in [9.17, 15) is 14.4 Å². The Bertz CT molecular complexity index is 1360. The van der Waals surface area contributed by atoms with E-state index >= 15 is 0 Å². The number of carbonyl (C=O) groups is 3. The molecular formula is C70H126O6. The van der Waals surface area contributed by atoms with Gasteiger partial charge in [-0.2, -0.15) is 0 Å². The Hall–Kier alpha value is -2.89. The van der Waals surface area contributed by atoms with Gasteiger partial charge < -0.3 is 14.2 Å². The van der Waals surface area contributed by atoms with Crippen molar-refractivity contribution in [2.75, 3.05) is 13.2 Å². The predicted octanol–water partition coefficient (Wildman–Crippen LogP) is 22.7. The van der Waals surface area contributed by atoms with E-state index in [0.717, 1.165) is 89.9 Å². The zero-order chi connectivity index (χ0) is 55.0. The quantitative estimate of drug-likeness (QED) is 0.0261. The van der Waals surface area contributed by atoms with E-state index in [2.05, 4.69) is 81.5 Å². The summed E-state index contributed by atoms with van der Waals surface area (Å²) in [5.74, 6) is -0.880. The summed E-state index contributed by atoms with van der Waals surface area (Å²) in [6.45, 7) is 6.60. The molecule has 0 rings (SSSR count). The second-order valence-electron chi connectivity index (χ2n) is 22.4. The minimum Gasteiger partial charge on any atom is -0.462 e. The molecule has 6 heteroatoms. The smallest absolute Gasteiger partial charge is 0.306 e. The summed E-state index contributed by atoms with van der Waals surface area (Å²) in [5.41, 5.74) is 0. The average molecular weight is 1060 g/mol. The van der Waals surface area contributed by atoms with E-state index in [1.54, 1.807) is 0 Å². The van der Waals surface area contributed by atoms with Crippen LogP contribution in [0.25, 0.3) is 0 Å². The van der Waals surface area contributed by atoms with Gasteiger partial charge in [0.05, 0.1) is 0 Å². The SMILES string of the molecule is CCC/C=C\CCCCCCCC(=O)OCC(COC(=O)CCCCCCCCCCCCCCC/C=C\CCCCCCCCCC)OC(=O)CCCCCCCCCC/C=C\C/C=C\C/C=C\CCCCCCC. The zero-order valence-electron chi connectivity index (χ0n) is 50.8. The van der Waals surface area contributed by atoms with Gasteiger partial charge in [-0.3, -0.25) is 14.4 Å². The molecule has 0 aromatic heterocycles. The fourth-order valence-corrected chi connectivity index (χ4v) is 9.68. The number of esters is 3. The molecule has 1 atom stereocenters. The van der Waals surface area contributed by atoms with Crippen LogP contribution < -0.4 is 0 Å². The van der Waals surface area contributed by atoms with Crippen LogP contribution in [-0.4, -0.2) is 37.2 Å². The number of ether oxygens (including phenoxy) is 3. The van der Waals surface area contributed by atoms with Crippen molar-refractivity contribution in [3.8, 4) is 0 Å². The lowest BCUT2D eigenvalue weighted by molar-refractivity contribution is -0.167. The molecule has 1 unspecified atom stereocenters. The fraction of sp³-hybridized carbons (Fsp3) is 0.814. The molecule has 0 aliphatic heterocycles. The Morgan fingerprint density at radius 1 is 0.263 bits per heavy atom. The van der Waals surface area contributed by atoms with E-state index in [0.29, 0.717) is 19.3 Å². The summed E-state index contributed by atoms with van der Waals surface area (Å²) in [4.78, 5) is 38.3. The third kappa shape index (κ3) is 62.0. The summed E-state index contributed by atoms with van der Waals surface area (Å²) in [6.07, 6.45) is 82.5. The molecule has 0 heterocycles. The number of rotatable bonds is 61. The molecule has 0 bridgehead atoms. The molecule has 0 aliphatic carbocycles. The molecule has 76 heavy (non-hydrogen) atoms. The molecule has 0 saturated carbocycles. The van der Waals surface area contributed by atoms with Crippen LogP contribution in [0.5, 0.6) is 0 Å². The van der Waals surface area contributed by atoms with Crippen molar-refractivity contribution in [3.05, 3.63) is 60.8 Å². The van der Waals surface area contributed by atoms with Gasteiger partial charge in [0.1, 0.15) is 13.2 Å². The highest BCUT2D eigenvalue weighted by Gasteiger charge is 2.19. The predicted molar refractivity (Wildman–Crippen MR) is 330 cm³/mol. The number of allylic oxidation sites excluding steroid dienone is 10. The molecule has 6 nitrogen and oxygen atoms in total. The first-order valence-electron chi connectivity index (χ1n) is 33.3. The van der Waals surface area contributed by atoms with Crippen molar-refractivity contribution < 1.29 is 28.6 Å². The van der Waals surface area contributed by atoms with E-state index in [1.165, 1.54) is 218 Å². The van der Waals surface area contributed by atoms with Crippen LogP contribution in [0.4, 0.5) is 0 Å². The van der Waals surface area contributed by atoms with E-state index in [1.807, 2.05) is 0 Å². The minimum atomic E-state index is -0.782. The van der Waals surface area contributed by atoms with Gasteiger partial charge in [0.15, 0.2) is 6.10 Å². The van der Waals surface area contributed by atoms with Gasteiger partial charge in [0, 0.05) is 19.3 Å². The zero-order valence-corrected chi connectivity index (χ0v) is 50.8. The van der Waals surface area contributed by atoms with Crippen LogP contribution in [0.1, 0.15) is 348 Å². The highest BCUT2D eigenvalue weighted by atomic mass is 16.6. The lowest BCUT2D eigenvalue weighted by atomic mass is 10.0. The van der Waals surface area contributed by atoms with Crippen LogP contribution >= 0.6 is 0 Å². The average Bonchev–Trinajstić information content (AvgIpc) is 3.42. The van der Waals surface area contributed by atoms with E-state index < -0.39 is 6.10 Å². The number of hydrogen-bond donors (Lipinski definition) is 0. The third-order valence-electron chi connectivity index (χ3n) is 14.7. The van der Waals surface area contributed by atoms with E-state index in [-0.39, 0.29) is 31.1 Å². The van der Waals surface area contributed by atoms with Crippen LogP contribution in [0.3, 0.4) is 0 Å². The molecule has 0 fully saturated rings. The monoisotopic (exact) mass is 1060 g/mol. The van der Waals surface area contributed by atoms with Crippen LogP contribution in [-0.2, 0) is 28.6 Å².